The Morgan fingerprint density at radius 2 is 1.71 bits per heavy atom. The summed E-state index contributed by atoms with van der Waals surface area (Å²) in [7, 11) is 0. The number of carboxylic acids is 1. The second kappa shape index (κ2) is 6.08. The molecule has 0 atom stereocenters. The molecule has 2 aliphatic carbocycles. The van der Waals surface area contributed by atoms with Gasteiger partial charge < -0.3 is 9.84 Å². The third kappa shape index (κ3) is 3.22. The fourth-order valence-corrected chi connectivity index (χ4v) is 4.05. The molecular formula is C18H24O3. The van der Waals surface area contributed by atoms with E-state index in [9.17, 15) is 9.90 Å². The maximum Gasteiger partial charge on any atom is 0.339 e. The van der Waals surface area contributed by atoms with Gasteiger partial charge in [0.25, 0.3) is 0 Å². The minimum atomic E-state index is -0.912. The first-order chi connectivity index (χ1) is 10.2. The SMILES string of the molecule is O=C(O)c1ccccc1OC1CCC2(CCCCC2)CC1. The van der Waals surface area contributed by atoms with E-state index in [2.05, 4.69) is 0 Å². The number of benzene rings is 1. The summed E-state index contributed by atoms with van der Waals surface area (Å²) in [4.78, 5) is 11.2. The lowest BCUT2D eigenvalue weighted by atomic mass is 9.65. The molecule has 2 saturated carbocycles. The predicted molar refractivity (Wildman–Crippen MR) is 81.8 cm³/mol. The minimum Gasteiger partial charge on any atom is -0.490 e. The van der Waals surface area contributed by atoms with Crippen LogP contribution in [-0.4, -0.2) is 17.2 Å². The van der Waals surface area contributed by atoms with Crippen LogP contribution >= 0.6 is 0 Å². The molecule has 0 unspecified atom stereocenters. The van der Waals surface area contributed by atoms with Crippen LogP contribution in [0.5, 0.6) is 5.75 Å². The summed E-state index contributed by atoms with van der Waals surface area (Å²) in [6, 6.07) is 6.97. The van der Waals surface area contributed by atoms with Crippen LogP contribution < -0.4 is 4.74 Å². The van der Waals surface area contributed by atoms with Crippen LogP contribution in [0.2, 0.25) is 0 Å². The van der Waals surface area contributed by atoms with Crippen molar-refractivity contribution in [2.45, 2.75) is 63.9 Å². The Kier molecular flexibility index (Phi) is 4.18. The van der Waals surface area contributed by atoms with Crippen LogP contribution in [-0.2, 0) is 0 Å². The molecule has 21 heavy (non-hydrogen) atoms. The standard InChI is InChI=1S/C18H24O3/c19-17(20)15-6-2-3-7-16(15)21-14-8-12-18(13-9-14)10-4-1-5-11-18/h2-3,6-7,14H,1,4-5,8-13H2,(H,19,20). The first kappa shape index (κ1) is 14.4. The van der Waals surface area contributed by atoms with Gasteiger partial charge in [0.1, 0.15) is 11.3 Å². The van der Waals surface area contributed by atoms with Gasteiger partial charge in [-0.1, -0.05) is 31.4 Å². The van der Waals surface area contributed by atoms with Crippen LogP contribution in [0.1, 0.15) is 68.1 Å². The summed E-state index contributed by atoms with van der Waals surface area (Å²) < 4.78 is 6.00. The molecular weight excluding hydrogens is 264 g/mol. The molecule has 0 amide bonds. The van der Waals surface area contributed by atoms with E-state index in [0.717, 1.165) is 12.8 Å². The van der Waals surface area contributed by atoms with Crippen LogP contribution in [0, 0.1) is 5.41 Å². The highest BCUT2D eigenvalue weighted by atomic mass is 16.5. The van der Waals surface area contributed by atoms with E-state index in [1.165, 1.54) is 44.9 Å². The third-order valence-corrected chi connectivity index (χ3v) is 5.32. The number of aromatic carboxylic acids is 1. The van der Waals surface area contributed by atoms with E-state index in [1.54, 1.807) is 18.2 Å². The molecule has 1 spiro atoms. The average molecular weight is 288 g/mol. The smallest absolute Gasteiger partial charge is 0.339 e. The lowest BCUT2D eigenvalue weighted by molar-refractivity contribution is 0.0502. The molecule has 3 nitrogen and oxygen atoms in total. The van der Waals surface area contributed by atoms with E-state index in [4.69, 9.17) is 4.74 Å². The highest BCUT2D eigenvalue weighted by Gasteiger charge is 2.36. The van der Waals surface area contributed by atoms with Crippen molar-refractivity contribution < 1.29 is 14.6 Å². The van der Waals surface area contributed by atoms with Gasteiger partial charge in [-0.15, -0.1) is 0 Å². The zero-order chi connectivity index (χ0) is 14.7. The molecule has 0 aliphatic heterocycles. The van der Waals surface area contributed by atoms with Crippen molar-refractivity contribution >= 4 is 5.97 Å². The van der Waals surface area contributed by atoms with Crippen molar-refractivity contribution in [3.8, 4) is 5.75 Å². The fraction of sp³-hybridized carbons (Fsp3) is 0.611. The monoisotopic (exact) mass is 288 g/mol. The van der Waals surface area contributed by atoms with Crippen molar-refractivity contribution in [2.24, 2.45) is 5.41 Å². The fourth-order valence-electron chi connectivity index (χ4n) is 4.05. The zero-order valence-electron chi connectivity index (χ0n) is 12.5. The number of rotatable bonds is 3. The summed E-state index contributed by atoms with van der Waals surface area (Å²) in [6.07, 6.45) is 11.7. The Balaban J connectivity index is 1.62. The second-order valence-corrected chi connectivity index (χ2v) is 6.68. The largest absolute Gasteiger partial charge is 0.490 e. The van der Waals surface area contributed by atoms with Gasteiger partial charge >= 0.3 is 5.97 Å². The van der Waals surface area contributed by atoms with E-state index >= 15 is 0 Å². The van der Waals surface area contributed by atoms with Gasteiger partial charge in [-0.3, -0.25) is 0 Å². The summed E-state index contributed by atoms with van der Waals surface area (Å²) in [5, 5.41) is 9.21. The van der Waals surface area contributed by atoms with E-state index in [1.807, 2.05) is 6.07 Å². The quantitative estimate of drug-likeness (QED) is 0.880. The minimum absolute atomic E-state index is 0.179. The molecule has 2 aliphatic rings. The van der Waals surface area contributed by atoms with Crippen molar-refractivity contribution in [2.75, 3.05) is 0 Å². The number of ether oxygens (including phenoxy) is 1. The molecule has 0 heterocycles. The first-order valence-electron chi connectivity index (χ1n) is 8.18. The first-order valence-corrected chi connectivity index (χ1v) is 8.18. The van der Waals surface area contributed by atoms with Gasteiger partial charge in [0.05, 0.1) is 6.10 Å². The van der Waals surface area contributed by atoms with Crippen molar-refractivity contribution in [3.63, 3.8) is 0 Å². The predicted octanol–water partition coefficient (Wildman–Crippen LogP) is 4.66. The van der Waals surface area contributed by atoms with Crippen LogP contribution in [0.4, 0.5) is 0 Å². The molecule has 114 valence electrons. The normalized spacial score (nSPS) is 22.1. The van der Waals surface area contributed by atoms with Gasteiger partial charge in [0.2, 0.25) is 0 Å². The summed E-state index contributed by atoms with van der Waals surface area (Å²) >= 11 is 0. The molecule has 0 bridgehead atoms. The molecule has 0 saturated heterocycles. The number of hydrogen-bond acceptors (Lipinski definition) is 2. The Morgan fingerprint density at radius 1 is 1.05 bits per heavy atom. The van der Waals surface area contributed by atoms with Gasteiger partial charge in [0, 0.05) is 0 Å². The second-order valence-electron chi connectivity index (χ2n) is 6.68. The Morgan fingerprint density at radius 3 is 2.38 bits per heavy atom. The van der Waals surface area contributed by atoms with Crippen molar-refractivity contribution in [1.82, 2.24) is 0 Å². The van der Waals surface area contributed by atoms with Gasteiger partial charge in [-0.05, 0) is 56.1 Å². The molecule has 1 aromatic rings. The highest BCUT2D eigenvalue weighted by molar-refractivity contribution is 5.90. The van der Waals surface area contributed by atoms with Crippen LogP contribution in [0.15, 0.2) is 24.3 Å². The third-order valence-electron chi connectivity index (χ3n) is 5.32. The van der Waals surface area contributed by atoms with E-state index < -0.39 is 5.97 Å². The number of carboxylic acid groups (broad SMARTS) is 1. The molecule has 1 N–H and O–H groups in total. The maximum absolute atomic E-state index is 11.2. The number of hydrogen-bond donors (Lipinski definition) is 1. The van der Waals surface area contributed by atoms with Crippen molar-refractivity contribution in [1.29, 1.82) is 0 Å². The number of carbonyl (C=O) groups is 1. The van der Waals surface area contributed by atoms with Crippen LogP contribution in [0.25, 0.3) is 0 Å². The van der Waals surface area contributed by atoms with E-state index in [0.29, 0.717) is 11.2 Å². The average Bonchev–Trinajstić information content (AvgIpc) is 2.51. The molecule has 0 aromatic heterocycles. The Hall–Kier alpha value is -1.51. The lowest BCUT2D eigenvalue weighted by Crippen LogP contribution is -2.34. The van der Waals surface area contributed by atoms with Crippen LogP contribution in [0.3, 0.4) is 0 Å². The molecule has 2 fully saturated rings. The number of para-hydroxylation sites is 1. The molecule has 0 radical (unpaired) electrons. The maximum atomic E-state index is 11.2. The van der Waals surface area contributed by atoms with Gasteiger partial charge in [-0.25, -0.2) is 4.79 Å². The lowest BCUT2D eigenvalue weighted by Gasteiger charge is -2.43. The molecule has 1 aromatic carbocycles. The van der Waals surface area contributed by atoms with Gasteiger partial charge in [0.15, 0.2) is 0 Å². The topological polar surface area (TPSA) is 46.5 Å². The Labute approximate surface area is 126 Å². The molecule has 3 rings (SSSR count). The summed E-state index contributed by atoms with van der Waals surface area (Å²) in [6.45, 7) is 0. The van der Waals surface area contributed by atoms with E-state index in [-0.39, 0.29) is 11.7 Å². The molecule has 3 heteroatoms. The van der Waals surface area contributed by atoms with Gasteiger partial charge in [-0.2, -0.15) is 0 Å². The van der Waals surface area contributed by atoms with Crippen molar-refractivity contribution in [3.05, 3.63) is 29.8 Å². The summed E-state index contributed by atoms with van der Waals surface area (Å²) in [5.74, 6) is -0.389. The Bertz CT molecular complexity index is 493. The highest BCUT2D eigenvalue weighted by Crippen LogP contribution is 2.48. The zero-order valence-corrected chi connectivity index (χ0v) is 12.5. The summed E-state index contributed by atoms with van der Waals surface area (Å²) in [5.41, 5.74) is 0.847.